The van der Waals surface area contributed by atoms with Gasteiger partial charge in [0.15, 0.2) is 0 Å². The molecule has 3 rings (SSSR count). The van der Waals surface area contributed by atoms with E-state index in [-0.39, 0.29) is 4.91 Å². The first-order valence-electron chi connectivity index (χ1n) is 7.49. The molecular weight excluding hydrogens is 324 g/mol. The van der Waals surface area contributed by atoms with Gasteiger partial charge in [0, 0.05) is 12.3 Å². The van der Waals surface area contributed by atoms with Gasteiger partial charge in [-0.05, 0) is 48.3 Å². The minimum atomic E-state index is -3.84. The standard InChI is InChI=1S/C18H16N2O3S/c21-18(11-9-16-7-3-4-12-19-16)20-24(22,23)17-10-8-14-5-1-2-6-15(14)13-17/h1-7,9,11-13H,8,10H2,(H,20,21)/b11-9+. The molecule has 1 heterocycles. The highest BCUT2D eigenvalue weighted by Gasteiger charge is 2.22. The number of fused-ring (bicyclic) bond motifs is 1. The molecule has 24 heavy (non-hydrogen) atoms. The van der Waals surface area contributed by atoms with Crippen LogP contribution in [0, 0.1) is 0 Å². The van der Waals surface area contributed by atoms with Crippen molar-refractivity contribution in [3.63, 3.8) is 0 Å². The number of sulfonamides is 1. The molecule has 6 heteroatoms. The van der Waals surface area contributed by atoms with Gasteiger partial charge in [0.2, 0.25) is 0 Å². The number of allylic oxidation sites excluding steroid dienone is 1. The van der Waals surface area contributed by atoms with E-state index in [4.69, 9.17) is 0 Å². The molecule has 0 unspecified atom stereocenters. The molecule has 0 aliphatic heterocycles. The molecule has 1 aliphatic carbocycles. The summed E-state index contributed by atoms with van der Waals surface area (Å²) in [6, 6.07) is 12.9. The second-order valence-electron chi connectivity index (χ2n) is 5.37. The van der Waals surface area contributed by atoms with Gasteiger partial charge in [0.05, 0.1) is 10.6 Å². The number of nitrogens with one attached hydrogen (secondary N) is 1. The zero-order valence-electron chi connectivity index (χ0n) is 12.8. The van der Waals surface area contributed by atoms with Crippen LogP contribution in [0.1, 0.15) is 23.2 Å². The van der Waals surface area contributed by atoms with Gasteiger partial charge in [-0.15, -0.1) is 0 Å². The Morgan fingerprint density at radius 3 is 2.67 bits per heavy atom. The van der Waals surface area contributed by atoms with Gasteiger partial charge in [-0.2, -0.15) is 0 Å². The van der Waals surface area contributed by atoms with Crippen LogP contribution in [-0.4, -0.2) is 19.3 Å². The van der Waals surface area contributed by atoms with Gasteiger partial charge >= 0.3 is 0 Å². The molecule has 2 aromatic rings. The fraction of sp³-hybridized carbons (Fsp3) is 0.111. The molecule has 0 spiro atoms. The Morgan fingerprint density at radius 2 is 1.88 bits per heavy atom. The van der Waals surface area contributed by atoms with E-state index in [2.05, 4.69) is 9.71 Å². The summed E-state index contributed by atoms with van der Waals surface area (Å²) in [5.41, 5.74) is 2.56. The summed E-state index contributed by atoms with van der Waals surface area (Å²) in [6.45, 7) is 0. The normalized spacial score (nSPS) is 14.1. The Hall–Kier alpha value is -2.73. The van der Waals surface area contributed by atoms with Gasteiger partial charge in [0.1, 0.15) is 0 Å². The quantitative estimate of drug-likeness (QED) is 0.868. The minimum Gasteiger partial charge on any atom is -0.269 e. The van der Waals surface area contributed by atoms with Crippen LogP contribution in [0.4, 0.5) is 0 Å². The molecule has 1 aliphatic rings. The molecule has 0 atom stereocenters. The van der Waals surface area contributed by atoms with Crippen molar-refractivity contribution < 1.29 is 13.2 Å². The Bertz CT molecular complexity index is 916. The molecular formula is C18H16N2O3S. The second kappa shape index (κ2) is 6.80. The SMILES string of the molecule is O=C(/C=C/c1ccccn1)NS(=O)(=O)C1=Cc2ccccc2CC1. The van der Waals surface area contributed by atoms with Crippen LogP contribution in [0.25, 0.3) is 12.2 Å². The maximum absolute atomic E-state index is 12.4. The number of nitrogens with zero attached hydrogens (tertiary/aromatic N) is 1. The highest BCUT2D eigenvalue weighted by molar-refractivity contribution is 7.94. The maximum atomic E-state index is 12.4. The summed E-state index contributed by atoms with van der Waals surface area (Å²) in [4.78, 5) is 16.1. The van der Waals surface area contributed by atoms with Crippen LogP contribution < -0.4 is 4.72 Å². The molecule has 5 nitrogen and oxygen atoms in total. The third kappa shape index (κ3) is 3.78. The van der Waals surface area contributed by atoms with Crippen molar-refractivity contribution in [3.05, 3.63) is 76.5 Å². The maximum Gasteiger partial charge on any atom is 0.260 e. The van der Waals surface area contributed by atoms with Gasteiger partial charge in [-0.3, -0.25) is 9.78 Å². The summed E-state index contributed by atoms with van der Waals surface area (Å²) in [6.07, 6.45) is 6.87. The summed E-state index contributed by atoms with van der Waals surface area (Å²) in [5, 5.41) is 0. The smallest absolute Gasteiger partial charge is 0.260 e. The molecule has 0 bridgehead atoms. The highest BCUT2D eigenvalue weighted by atomic mass is 32.2. The third-order valence-corrected chi connectivity index (χ3v) is 5.17. The average Bonchev–Trinajstić information content (AvgIpc) is 2.60. The van der Waals surface area contributed by atoms with Crippen molar-refractivity contribution in [2.45, 2.75) is 12.8 Å². The molecule has 122 valence electrons. The Morgan fingerprint density at radius 1 is 1.08 bits per heavy atom. The first kappa shape index (κ1) is 16.1. The molecule has 0 saturated carbocycles. The van der Waals surface area contributed by atoms with E-state index >= 15 is 0 Å². The largest absolute Gasteiger partial charge is 0.269 e. The third-order valence-electron chi connectivity index (χ3n) is 3.69. The second-order valence-corrected chi connectivity index (χ2v) is 7.10. The van der Waals surface area contributed by atoms with Crippen molar-refractivity contribution in [3.8, 4) is 0 Å². The number of rotatable bonds is 4. The van der Waals surface area contributed by atoms with Crippen LogP contribution in [0.15, 0.2) is 59.6 Å². The number of hydrogen-bond acceptors (Lipinski definition) is 4. The van der Waals surface area contributed by atoms with Gasteiger partial charge < -0.3 is 0 Å². The van der Waals surface area contributed by atoms with Crippen molar-refractivity contribution in [2.75, 3.05) is 0 Å². The summed E-state index contributed by atoms with van der Waals surface area (Å²) in [7, 11) is -3.84. The Balaban J connectivity index is 1.74. The van der Waals surface area contributed by atoms with Gasteiger partial charge in [-0.1, -0.05) is 30.3 Å². The first-order chi connectivity index (χ1) is 11.5. The zero-order chi connectivity index (χ0) is 17.0. The van der Waals surface area contributed by atoms with Crippen LogP contribution in [0.5, 0.6) is 0 Å². The summed E-state index contributed by atoms with van der Waals surface area (Å²) in [5.74, 6) is -0.694. The number of amides is 1. The highest BCUT2D eigenvalue weighted by Crippen LogP contribution is 2.26. The van der Waals surface area contributed by atoms with Crippen LogP contribution in [0.3, 0.4) is 0 Å². The number of carbonyl (C=O) groups is 1. The van der Waals surface area contributed by atoms with Crippen molar-refractivity contribution in [1.82, 2.24) is 9.71 Å². The van der Waals surface area contributed by atoms with E-state index in [1.165, 1.54) is 6.08 Å². The lowest BCUT2D eigenvalue weighted by molar-refractivity contribution is -0.114. The average molecular weight is 340 g/mol. The van der Waals surface area contributed by atoms with E-state index in [9.17, 15) is 13.2 Å². The molecule has 0 saturated heterocycles. The predicted molar refractivity (Wildman–Crippen MR) is 93.1 cm³/mol. The number of carbonyl (C=O) groups excluding carboxylic acids is 1. The number of aromatic nitrogens is 1. The van der Waals surface area contributed by atoms with Crippen molar-refractivity contribution in [1.29, 1.82) is 0 Å². The predicted octanol–water partition coefficient (Wildman–Crippen LogP) is 2.53. The van der Waals surface area contributed by atoms with E-state index in [0.29, 0.717) is 18.5 Å². The van der Waals surface area contributed by atoms with E-state index in [1.54, 1.807) is 30.5 Å². The Kier molecular flexibility index (Phi) is 4.57. The summed E-state index contributed by atoms with van der Waals surface area (Å²) < 4.78 is 26.8. The monoisotopic (exact) mass is 340 g/mol. The van der Waals surface area contributed by atoms with E-state index in [0.717, 1.165) is 17.2 Å². The summed E-state index contributed by atoms with van der Waals surface area (Å²) >= 11 is 0. The topological polar surface area (TPSA) is 76.1 Å². The lowest BCUT2D eigenvalue weighted by atomic mass is 9.98. The lowest BCUT2D eigenvalue weighted by Gasteiger charge is -2.16. The fourth-order valence-electron chi connectivity index (χ4n) is 2.49. The molecule has 1 aromatic heterocycles. The molecule has 1 N–H and O–H groups in total. The Labute approximate surface area is 140 Å². The molecule has 1 amide bonds. The number of pyridine rings is 1. The lowest BCUT2D eigenvalue weighted by Crippen LogP contribution is -2.30. The van der Waals surface area contributed by atoms with Crippen molar-refractivity contribution >= 4 is 28.1 Å². The molecule has 0 fully saturated rings. The number of benzene rings is 1. The molecule has 0 radical (unpaired) electrons. The van der Waals surface area contributed by atoms with Crippen LogP contribution in [0.2, 0.25) is 0 Å². The van der Waals surface area contributed by atoms with Gasteiger partial charge in [-0.25, -0.2) is 13.1 Å². The molecule has 1 aromatic carbocycles. The van der Waals surface area contributed by atoms with Crippen molar-refractivity contribution in [2.24, 2.45) is 0 Å². The van der Waals surface area contributed by atoms with E-state index in [1.807, 2.05) is 24.3 Å². The minimum absolute atomic E-state index is 0.223. The van der Waals surface area contributed by atoms with Crippen LogP contribution in [-0.2, 0) is 21.2 Å². The first-order valence-corrected chi connectivity index (χ1v) is 8.97. The zero-order valence-corrected chi connectivity index (χ0v) is 13.7. The number of aryl methyl sites for hydroxylation is 1. The van der Waals surface area contributed by atoms with Crippen LogP contribution >= 0.6 is 0 Å². The fourth-order valence-corrected chi connectivity index (χ4v) is 3.60. The van der Waals surface area contributed by atoms with Gasteiger partial charge in [0.25, 0.3) is 15.9 Å². The number of hydrogen-bond donors (Lipinski definition) is 1. The van der Waals surface area contributed by atoms with E-state index < -0.39 is 15.9 Å².